The molecule has 0 atom stereocenters. The Labute approximate surface area is 527 Å². The summed E-state index contributed by atoms with van der Waals surface area (Å²) >= 11 is 0. The molecule has 0 bridgehead atoms. The van der Waals surface area contributed by atoms with Gasteiger partial charge in [0.15, 0.2) is 17.5 Å². The van der Waals surface area contributed by atoms with Crippen molar-refractivity contribution in [1.29, 1.82) is 15.8 Å². The molecule has 0 amide bonds. The van der Waals surface area contributed by atoms with Gasteiger partial charge in [-0.3, -0.25) is 0 Å². The molecule has 8 heteroatoms. The van der Waals surface area contributed by atoms with Crippen molar-refractivity contribution in [2.45, 2.75) is 105 Å². The van der Waals surface area contributed by atoms with Crippen LogP contribution in [-0.2, 0) is 21.7 Å². The topological polar surface area (TPSA) is 120 Å². The molecular formula is C82H70N8. The summed E-state index contributed by atoms with van der Waals surface area (Å²) in [4.78, 5) is 16.7. The molecule has 0 N–H and O–H groups in total. The van der Waals surface area contributed by atoms with E-state index >= 15 is 0 Å². The van der Waals surface area contributed by atoms with Crippen LogP contribution in [0.3, 0.4) is 0 Å². The van der Waals surface area contributed by atoms with Crippen molar-refractivity contribution in [3.05, 3.63) is 245 Å². The lowest BCUT2D eigenvalue weighted by Crippen LogP contribution is -2.10. The van der Waals surface area contributed by atoms with Crippen LogP contribution < -0.4 is 0 Å². The first-order chi connectivity index (χ1) is 42.9. The van der Waals surface area contributed by atoms with Gasteiger partial charge in [-0.05, 0) is 187 Å². The van der Waals surface area contributed by atoms with Crippen LogP contribution in [0, 0.1) is 34.0 Å². The third kappa shape index (κ3) is 10.7. The van der Waals surface area contributed by atoms with Gasteiger partial charge < -0.3 is 9.13 Å². The zero-order valence-corrected chi connectivity index (χ0v) is 53.2. The molecule has 90 heavy (non-hydrogen) atoms. The lowest BCUT2D eigenvalue weighted by atomic mass is 9.85. The second-order valence-corrected chi connectivity index (χ2v) is 28.0. The summed E-state index contributed by atoms with van der Waals surface area (Å²) in [5.74, 6) is 1.25. The highest BCUT2D eigenvalue weighted by Crippen LogP contribution is 2.44. The van der Waals surface area contributed by atoms with E-state index < -0.39 is 0 Å². The number of aromatic nitrogens is 5. The Morgan fingerprint density at radius 1 is 0.289 bits per heavy atom. The van der Waals surface area contributed by atoms with E-state index in [4.69, 9.17) is 15.0 Å². The standard InChI is InChI=1S/C82H70N8/c1-79(2,3)59-27-31-72-68(43-59)69-44-60(80(4,5)6)28-32-73(69)89(72)63-39-55(52-22-17-19-50(35-52)47-83)37-57(41-63)76-86-77(88-78(87-76)67-26-16-15-25-66(67)65-24-14-13-21-54(65)49-85)58-38-56(53-23-18-20-51(36-53)48-84)40-64(42-58)90-74-33-29-61(81(7,8)9)45-70(74)71-46-62(82(10,11)12)30-34-75(71)90/h13-46H,1-12H3. The summed E-state index contributed by atoms with van der Waals surface area (Å²) in [5.41, 5.74) is 19.4. The van der Waals surface area contributed by atoms with Gasteiger partial charge in [0.2, 0.25) is 0 Å². The van der Waals surface area contributed by atoms with E-state index in [0.29, 0.717) is 34.2 Å². The molecule has 3 aromatic heterocycles. The molecule has 0 aliphatic heterocycles. The van der Waals surface area contributed by atoms with Crippen molar-refractivity contribution in [2.24, 2.45) is 0 Å². The Morgan fingerprint density at radius 2 is 0.633 bits per heavy atom. The summed E-state index contributed by atoms with van der Waals surface area (Å²) in [7, 11) is 0. The number of rotatable bonds is 8. The maximum atomic E-state index is 10.6. The van der Waals surface area contributed by atoms with Crippen molar-refractivity contribution in [2.75, 3.05) is 0 Å². The fourth-order valence-electron chi connectivity index (χ4n) is 12.6. The van der Waals surface area contributed by atoms with Gasteiger partial charge in [0.25, 0.3) is 0 Å². The van der Waals surface area contributed by atoms with Crippen LogP contribution in [0.1, 0.15) is 122 Å². The lowest BCUT2D eigenvalue weighted by Gasteiger charge is -2.19. The molecule has 13 aromatic rings. The van der Waals surface area contributed by atoms with Crippen molar-refractivity contribution < 1.29 is 0 Å². The first-order valence-corrected chi connectivity index (χ1v) is 30.8. The predicted octanol–water partition coefficient (Wildman–Crippen LogP) is 20.9. The Kier molecular flexibility index (Phi) is 14.2. The van der Waals surface area contributed by atoms with Gasteiger partial charge in [0.1, 0.15) is 0 Å². The van der Waals surface area contributed by atoms with Crippen molar-refractivity contribution in [3.63, 3.8) is 0 Å². The van der Waals surface area contributed by atoms with Gasteiger partial charge in [0.05, 0.1) is 57.0 Å². The third-order valence-corrected chi connectivity index (χ3v) is 17.7. The molecule has 13 rings (SSSR count). The molecule has 0 saturated carbocycles. The number of hydrogen-bond donors (Lipinski definition) is 0. The molecule has 0 aliphatic carbocycles. The summed E-state index contributed by atoms with van der Waals surface area (Å²) in [6, 6.07) is 78.8. The maximum Gasteiger partial charge on any atom is 0.164 e. The van der Waals surface area contributed by atoms with Gasteiger partial charge in [-0.15, -0.1) is 0 Å². The zero-order chi connectivity index (χ0) is 63.2. The lowest BCUT2D eigenvalue weighted by molar-refractivity contribution is 0.590. The van der Waals surface area contributed by atoms with Crippen LogP contribution in [0.25, 0.3) is 123 Å². The molecule has 3 heterocycles. The predicted molar refractivity (Wildman–Crippen MR) is 370 cm³/mol. The first kappa shape index (κ1) is 58.3. The smallest absolute Gasteiger partial charge is 0.164 e. The van der Waals surface area contributed by atoms with E-state index in [0.717, 1.165) is 105 Å². The number of hydrogen-bond acceptors (Lipinski definition) is 6. The number of fused-ring (bicyclic) bond motifs is 6. The molecule has 0 aliphatic rings. The highest BCUT2D eigenvalue weighted by atomic mass is 15.0. The van der Waals surface area contributed by atoms with Crippen LogP contribution >= 0.6 is 0 Å². The Hall–Kier alpha value is -10.7. The summed E-state index contributed by atoms with van der Waals surface area (Å²) in [6.45, 7) is 27.1. The summed E-state index contributed by atoms with van der Waals surface area (Å²) in [6.07, 6.45) is 0. The molecule has 10 aromatic carbocycles. The van der Waals surface area contributed by atoms with Gasteiger partial charge in [-0.25, -0.2) is 15.0 Å². The van der Waals surface area contributed by atoms with E-state index in [2.05, 4.69) is 220 Å². The SMILES string of the molecule is CC(C)(C)c1ccc2c(c1)c1cc(C(C)(C)C)ccc1n2-c1cc(-c2cccc(C#N)c2)cc(-c2nc(-c3cc(-c4cccc(C#N)c4)cc(-n4c5ccc(C(C)(C)C)cc5c5cc(C(C)(C)C)ccc54)c3)nc(-c3ccccc3-c3ccccc3C#N)n2)c1. The first-order valence-electron chi connectivity index (χ1n) is 30.8. The third-order valence-electron chi connectivity index (χ3n) is 17.7. The summed E-state index contributed by atoms with van der Waals surface area (Å²) < 4.78 is 4.71. The van der Waals surface area contributed by atoms with Crippen LogP contribution in [0.15, 0.2) is 206 Å². The average Bonchev–Trinajstić information content (AvgIpc) is 1.59. The van der Waals surface area contributed by atoms with Gasteiger partial charge in [0, 0.05) is 55.2 Å². The van der Waals surface area contributed by atoms with E-state index in [1.807, 2.05) is 97.1 Å². The number of benzene rings is 10. The van der Waals surface area contributed by atoms with Gasteiger partial charge in [-0.1, -0.05) is 174 Å². The van der Waals surface area contributed by atoms with Gasteiger partial charge >= 0.3 is 0 Å². The van der Waals surface area contributed by atoms with E-state index in [1.165, 1.54) is 22.3 Å². The Morgan fingerprint density at radius 3 is 1.00 bits per heavy atom. The van der Waals surface area contributed by atoms with Crippen LogP contribution in [0.2, 0.25) is 0 Å². The zero-order valence-electron chi connectivity index (χ0n) is 53.2. The quantitative estimate of drug-likeness (QED) is 0.149. The molecule has 8 nitrogen and oxygen atoms in total. The van der Waals surface area contributed by atoms with Crippen LogP contribution in [-0.4, -0.2) is 24.1 Å². The van der Waals surface area contributed by atoms with E-state index in [1.54, 1.807) is 0 Å². The highest BCUT2D eigenvalue weighted by molar-refractivity contribution is 6.11. The monoisotopic (exact) mass is 1170 g/mol. The molecule has 0 saturated heterocycles. The van der Waals surface area contributed by atoms with Crippen LogP contribution in [0.5, 0.6) is 0 Å². The molecule has 0 radical (unpaired) electrons. The maximum absolute atomic E-state index is 10.6. The fraction of sp³-hybridized carbons (Fsp3) is 0.195. The van der Waals surface area contributed by atoms with Crippen LogP contribution in [0.4, 0.5) is 0 Å². The second-order valence-electron chi connectivity index (χ2n) is 28.0. The van der Waals surface area contributed by atoms with Crippen molar-refractivity contribution >= 4 is 43.6 Å². The molecule has 0 spiro atoms. The Bertz CT molecular complexity index is 4800. The second kappa shape index (κ2) is 21.8. The summed E-state index contributed by atoms with van der Waals surface area (Å²) in [5, 5.41) is 35.8. The van der Waals surface area contributed by atoms with Crippen molar-refractivity contribution in [1.82, 2.24) is 24.1 Å². The normalized spacial score (nSPS) is 12.2. The largest absolute Gasteiger partial charge is 0.309 e. The molecular weight excluding hydrogens is 1100 g/mol. The van der Waals surface area contributed by atoms with E-state index in [9.17, 15) is 15.8 Å². The average molecular weight is 1170 g/mol. The minimum atomic E-state index is -0.0940. The minimum Gasteiger partial charge on any atom is -0.309 e. The Balaban J connectivity index is 1.13. The number of nitriles is 3. The van der Waals surface area contributed by atoms with Gasteiger partial charge in [-0.2, -0.15) is 15.8 Å². The minimum absolute atomic E-state index is 0.0940. The van der Waals surface area contributed by atoms with E-state index in [-0.39, 0.29) is 21.7 Å². The molecule has 438 valence electrons. The molecule has 0 unspecified atom stereocenters. The van der Waals surface area contributed by atoms with Crippen molar-refractivity contribution in [3.8, 4) is 97.1 Å². The number of nitrogens with zero attached hydrogens (tertiary/aromatic N) is 8. The molecule has 0 fully saturated rings. The highest BCUT2D eigenvalue weighted by Gasteiger charge is 2.26. The fourth-order valence-corrected chi connectivity index (χ4v) is 12.6.